The number of methoxy groups -OCH3 is 1. The summed E-state index contributed by atoms with van der Waals surface area (Å²) in [6, 6.07) is 9.46. The summed E-state index contributed by atoms with van der Waals surface area (Å²) in [7, 11) is 1.44. The molecule has 0 spiro atoms. The van der Waals surface area contributed by atoms with Crippen molar-refractivity contribution in [2.75, 3.05) is 19.0 Å². The van der Waals surface area contributed by atoms with Crippen molar-refractivity contribution in [3.63, 3.8) is 0 Å². The molecule has 0 saturated carbocycles. The van der Waals surface area contributed by atoms with Crippen molar-refractivity contribution < 1.29 is 29.0 Å². The number of carbonyl (C=O) groups is 3. The van der Waals surface area contributed by atoms with Crippen LogP contribution in [-0.4, -0.2) is 46.8 Å². The van der Waals surface area contributed by atoms with Crippen molar-refractivity contribution >= 4 is 35.2 Å². The number of benzene rings is 2. The number of nitrogens with one attached hydrogen (secondary N) is 2. The molecule has 3 rings (SSSR count). The zero-order valence-electron chi connectivity index (χ0n) is 18.2. The van der Waals surface area contributed by atoms with Crippen LogP contribution in [0.2, 0.25) is 0 Å². The maximum atomic E-state index is 13.1. The molecule has 1 saturated heterocycles. The van der Waals surface area contributed by atoms with Crippen LogP contribution >= 0.6 is 11.8 Å². The van der Waals surface area contributed by atoms with E-state index in [4.69, 9.17) is 9.47 Å². The number of phenols is 1. The molecule has 0 aromatic heterocycles. The lowest BCUT2D eigenvalue weighted by atomic mass is 10.1. The largest absolute Gasteiger partial charge is 0.504 e. The first-order valence-electron chi connectivity index (χ1n) is 9.96. The van der Waals surface area contributed by atoms with E-state index in [1.54, 1.807) is 38.1 Å². The summed E-state index contributed by atoms with van der Waals surface area (Å²) >= 11 is 1.37. The maximum absolute atomic E-state index is 13.1. The van der Waals surface area contributed by atoms with Gasteiger partial charge < -0.3 is 19.9 Å². The average molecular weight is 460 g/mol. The van der Waals surface area contributed by atoms with Crippen molar-refractivity contribution in [1.82, 2.24) is 10.4 Å². The highest BCUT2D eigenvalue weighted by Gasteiger charge is 2.40. The van der Waals surface area contributed by atoms with E-state index in [1.165, 1.54) is 42.9 Å². The predicted molar refractivity (Wildman–Crippen MR) is 121 cm³/mol. The molecule has 1 aliphatic rings. The van der Waals surface area contributed by atoms with Gasteiger partial charge in [-0.25, -0.2) is 5.01 Å². The molecule has 0 aliphatic carbocycles. The van der Waals surface area contributed by atoms with E-state index in [0.29, 0.717) is 17.9 Å². The van der Waals surface area contributed by atoms with Gasteiger partial charge in [0.05, 0.1) is 24.5 Å². The van der Waals surface area contributed by atoms with E-state index in [0.717, 1.165) is 0 Å². The average Bonchev–Trinajstić information content (AvgIpc) is 3.02. The van der Waals surface area contributed by atoms with Gasteiger partial charge >= 0.3 is 0 Å². The number of thioether (sulfide) groups is 1. The highest BCUT2D eigenvalue weighted by molar-refractivity contribution is 8.01. The van der Waals surface area contributed by atoms with Crippen LogP contribution in [0.5, 0.6) is 17.2 Å². The van der Waals surface area contributed by atoms with Gasteiger partial charge in [0.25, 0.3) is 11.8 Å². The van der Waals surface area contributed by atoms with Crippen molar-refractivity contribution in [3.8, 4) is 17.2 Å². The number of nitrogens with zero attached hydrogens (tertiary/aromatic N) is 1. The van der Waals surface area contributed by atoms with E-state index in [-0.39, 0.29) is 39.9 Å². The van der Waals surface area contributed by atoms with Gasteiger partial charge in [0.1, 0.15) is 11.1 Å². The Labute approximate surface area is 190 Å². The van der Waals surface area contributed by atoms with E-state index >= 15 is 0 Å². The first-order valence-corrected chi connectivity index (χ1v) is 10.9. The third kappa shape index (κ3) is 4.91. The first kappa shape index (κ1) is 23.3. The van der Waals surface area contributed by atoms with Crippen molar-refractivity contribution in [2.45, 2.75) is 31.4 Å². The number of rotatable bonds is 7. The SMILES string of the molecule is CCOc1cc(NC(C)=O)ccc1C(=O)NN1C(=O)[C@@H](C)S[C@@H]1c1ccc(O)c(OC)c1. The van der Waals surface area contributed by atoms with Gasteiger partial charge in [-0.15, -0.1) is 11.8 Å². The fraction of sp³-hybridized carbons (Fsp3) is 0.318. The molecule has 2 atom stereocenters. The van der Waals surface area contributed by atoms with Gasteiger partial charge in [0, 0.05) is 18.7 Å². The van der Waals surface area contributed by atoms with Crippen molar-refractivity contribution in [1.29, 1.82) is 0 Å². The van der Waals surface area contributed by atoms with Gasteiger partial charge in [0.2, 0.25) is 5.91 Å². The Morgan fingerprint density at radius 3 is 2.59 bits per heavy atom. The number of ether oxygens (including phenoxy) is 2. The molecule has 1 aliphatic heterocycles. The number of hydrogen-bond acceptors (Lipinski definition) is 7. The smallest absolute Gasteiger partial charge is 0.273 e. The Morgan fingerprint density at radius 2 is 1.94 bits per heavy atom. The van der Waals surface area contributed by atoms with Crippen LogP contribution in [0.25, 0.3) is 0 Å². The van der Waals surface area contributed by atoms with E-state index in [9.17, 15) is 19.5 Å². The number of anilines is 1. The lowest BCUT2D eigenvalue weighted by Gasteiger charge is -2.25. The maximum Gasteiger partial charge on any atom is 0.273 e. The minimum absolute atomic E-state index is 0.0187. The van der Waals surface area contributed by atoms with E-state index in [1.807, 2.05) is 0 Å². The third-order valence-electron chi connectivity index (χ3n) is 4.71. The Bertz CT molecular complexity index is 1040. The monoisotopic (exact) mass is 459 g/mol. The molecule has 10 heteroatoms. The van der Waals surface area contributed by atoms with E-state index < -0.39 is 11.3 Å². The summed E-state index contributed by atoms with van der Waals surface area (Å²) in [5.41, 5.74) is 4.09. The van der Waals surface area contributed by atoms with Crippen LogP contribution in [0.4, 0.5) is 5.69 Å². The van der Waals surface area contributed by atoms with Crippen molar-refractivity contribution in [2.24, 2.45) is 0 Å². The van der Waals surface area contributed by atoms with Gasteiger partial charge in [-0.2, -0.15) is 0 Å². The zero-order chi connectivity index (χ0) is 23.4. The number of aromatic hydroxyl groups is 1. The molecule has 170 valence electrons. The summed E-state index contributed by atoms with van der Waals surface area (Å²) in [5.74, 6) is -0.491. The molecule has 3 amide bonds. The molecule has 32 heavy (non-hydrogen) atoms. The van der Waals surface area contributed by atoms with Gasteiger partial charge in [-0.05, 0) is 43.7 Å². The normalized spacial score (nSPS) is 17.8. The lowest BCUT2D eigenvalue weighted by Crippen LogP contribution is -2.45. The molecule has 9 nitrogen and oxygen atoms in total. The fourth-order valence-corrected chi connectivity index (χ4v) is 4.45. The molecule has 0 bridgehead atoms. The summed E-state index contributed by atoms with van der Waals surface area (Å²) < 4.78 is 10.8. The summed E-state index contributed by atoms with van der Waals surface area (Å²) in [6.45, 7) is 5.24. The molecule has 1 fully saturated rings. The Balaban J connectivity index is 1.89. The molecule has 0 unspecified atom stereocenters. The summed E-state index contributed by atoms with van der Waals surface area (Å²) in [5, 5.41) is 12.9. The van der Waals surface area contributed by atoms with E-state index in [2.05, 4.69) is 10.7 Å². The Kier molecular flexibility index (Phi) is 7.14. The third-order valence-corrected chi connectivity index (χ3v) is 6.06. The minimum atomic E-state index is -0.526. The van der Waals surface area contributed by atoms with Gasteiger partial charge in [0.15, 0.2) is 11.5 Å². The van der Waals surface area contributed by atoms with Crippen LogP contribution in [-0.2, 0) is 9.59 Å². The molecule has 2 aromatic carbocycles. The second-order valence-corrected chi connectivity index (χ2v) is 8.46. The molecular formula is C22H25N3O6S. The Morgan fingerprint density at radius 1 is 1.19 bits per heavy atom. The zero-order valence-corrected chi connectivity index (χ0v) is 19.0. The van der Waals surface area contributed by atoms with Gasteiger partial charge in [-0.1, -0.05) is 6.07 Å². The summed E-state index contributed by atoms with van der Waals surface area (Å²) in [4.78, 5) is 37.2. The van der Waals surface area contributed by atoms with Crippen LogP contribution in [0, 0.1) is 0 Å². The predicted octanol–water partition coefficient (Wildman–Crippen LogP) is 3.07. The second kappa shape index (κ2) is 9.82. The molecule has 1 heterocycles. The van der Waals surface area contributed by atoms with Gasteiger partial charge in [-0.3, -0.25) is 19.8 Å². The molecular weight excluding hydrogens is 434 g/mol. The molecule has 3 N–H and O–H groups in total. The number of hydrazine groups is 1. The highest BCUT2D eigenvalue weighted by atomic mass is 32.2. The lowest BCUT2D eigenvalue weighted by molar-refractivity contribution is -0.132. The number of hydrogen-bond donors (Lipinski definition) is 3. The summed E-state index contributed by atoms with van der Waals surface area (Å²) in [6.07, 6.45) is 0. The quantitative estimate of drug-likeness (QED) is 0.582. The van der Waals surface area contributed by atoms with Crippen LogP contribution < -0.4 is 20.2 Å². The standard InChI is InChI=1S/C22H25N3O6S/c1-5-31-18-11-15(23-13(3)26)7-8-16(18)20(28)24-25-21(29)12(2)32-22(25)14-6-9-17(27)19(10-14)30-4/h6-12,22,27H,5H2,1-4H3,(H,23,26)(H,24,28)/t12-,22-/m1/s1. The number of amides is 3. The number of phenolic OH excluding ortho intramolecular Hbond substituents is 1. The van der Waals surface area contributed by atoms with Crippen molar-refractivity contribution in [3.05, 3.63) is 47.5 Å². The van der Waals surface area contributed by atoms with Crippen LogP contribution in [0.15, 0.2) is 36.4 Å². The van der Waals surface area contributed by atoms with Crippen LogP contribution in [0.1, 0.15) is 42.1 Å². The molecule has 0 radical (unpaired) electrons. The molecule has 2 aromatic rings. The minimum Gasteiger partial charge on any atom is -0.504 e. The first-order chi connectivity index (χ1) is 15.2. The van der Waals surface area contributed by atoms with Crippen LogP contribution in [0.3, 0.4) is 0 Å². The second-order valence-electron chi connectivity index (χ2n) is 7.04. The topological polar surface area (TPSA) is 117 Å². The Hall–Kier alpha value is -3.40. The highest BCUT2D eigenvalue weighted by Crippen LogP contribution is 2.43. The number of carbonyl (C=O) groups excluding carboxylic acids is 3. The fourth-order valence-electron chi connectivity index (χ4n) is 3.25.